The Morgan fingerprint density at radius 1 is 1.29 bits per heavy atom. The highest BCUT2D eigenvalue weighted by Gasteiger charge is 2.43. The molecule has 0 radical (unpaired) electrons. The normalized spacial score (nSPS) is 19.2. The first-order chi connectivity index (χ1) is 9.73. The van der Waals surface area contributed by atoms with Gasteiger partial charge in [0.25, 0.3) is 0 Å². The van der Waals surface area contributed by atoms with Crippen LogP contribution in [-0.4, -0.2) is 17.8 Å². The number of carbonyl (C=O) groups is 3. The third-order valence-corrected chi connectivity index (χ3v) is 3.96. The van der Waals surface area contributed by atoms with Gasteiger partial charge in [0.05, 0.1) is 10.2 Å². The van der Waals surface area contributed by atoms with Crippen molar-refractivity contribution in [3.8, 4) is 0 Å². The Balaban J connectivity index is 2.52. The summed E-state index contributed by atoms with van der Waals surface area (Å²) in [5.74, 6) is -2.88. The van der Waals surface area contributed by atoms with Gasteiger partial charge in [0.1, 0.15) is 11.7 Å². The lowest BCUT2D eigenvalue weighted by Gasteiger charge is -2.32. The molecule has 21 heavy (non-hydrogen) atoms. The number of amides is 4. The topological polar surface area (TPSA) is 66.5 Å². The fourth-order valence-electron chi connectivity index (χ4n) is 2.28. The number of nitrogens with zero attached hydrogens (tertiary/aromatic N) is 1. The molecule has 0 saturated carbocycles. The minimum absolute atomic E-state index is 0.140. The van der Waals surface area contributed by atoms with Crippen molar-refractivity contribution in [1.29, 1.82) is 0 Å². The maximum absolute atomic E-state index is 13.5. The molecular weight excluding hydrogens is 343 g/mol. The number of anilines is 1. The molecule has 1 unspecified atom stereocenters. The van der Waals surface area contributed by atoms with E-state index in [1.807, 2.05) is 0 Å². The third kappa shape index (κ3) is 2.70. The number of nitrogens with one attached hydrogen (secondary N) is 1. The summed E-state index contributed by atoms with van der Waals surface area (Å²) in [6.07, 6.45) is 0. The van der Waals surface area contributed by atoms with Crippen LogP contribution in [0.4, 0.5) is 14.9 Å². The standard InChI is InChI=1S/C14H14BrFN2O3/c1-6(2)11-12(19)17-14(21)18(13(11)20)10-5-8(15)9(16)4-7(10)3/h4-6,11H,1-3H3,(H,17,19,21). The summed E-state index contributed by atoms with van der Waals surface area (Å²) in [4.78, 5) is 37.2. The molecule has 1 aliphatic rings. The number of urea groups is 1. The number of barbiturate groups is 1. The number of benzene rings is 1. The number of hydrogen-bond donors (Lipinski definition) is 1. The van der Waals surface area contributed by atoms with Gasteiger partial charge in [-0.1, -0.05) is 13.8 Å². The van der Waals surface area contributed by atoms with Crippen LogP contribution in [0.5, 0.6) is 0 Å². The fraction of sp³-hybridized carbons (Fsp3) is 0.357. The van der Waals surface area contributed by atoms with Crippen LogP contribution in [0.25, 0.3) is 0 Å². The van der Waals surface area contributed by atoms with E-state index in [9.17, 15) is 18.8 Å². The smallest absolute Gasteiger partial charge is 0.277 e. The predicted octanol–water partition coefficient (Wildman–Crippen LogP) is 2.75. The summed E-state index contributed by atoms with van der Waals surface area (Å²) in [5.41, 5.74) is 0.681. The Bertz CT molecular complexity index is 645. The van der Waals surface area contributed by atoms with Crippen molar-refractivity contribution in [2.24, 2.45) is 11.8 Å². The van der Waals surface area contributed by atoms with E-state index >= 15 is 0 Å². The molecule has 0 bridgehead atoms. The molecule has 1 saturated heterocycles. The van der Waals surface area contributed by atoms with Crippen molar-refractivity contribution in [3.05, 3.63) is 28.0 Å². The van der Waals surface area contributed by atoms with Gasteiger partial charge in [-0.3, -0.25) is 14.9 Å². The SMILES string of the molecule is Cc1cc(F)c(Br)cc1N1C(=O)NC(=O)C(C(C)C)C1=O. The summed E-state index contributed by atoms with van der Waals surface area (Å²) < 4.78 is 13.6. The molecule has 4 amide bonds. The highest BCUT2D eigenvalue weighted by Crippen LogP contribution is 2.31. The maximum atomic E-state index is 13.5. The van der Waals surface area contributed by atoms with Gasteiger partial charge in [-0.05, 0) is 46.5 Å². The molecule has 1 aliphatic heterocycles. The van der Waals surface area contributed by atoms with Crippen LogP contribution >= 0.6 is 15.9 Å². The second-order valence-corrected chi connectivity index (χ2v) is 6.10. The lowest BCUT2D eigenvalue weighted by Crippen LogP contribution is -2.59. The van der Waals surface area contributed by atoms with Gasteiger partial charge in [-0.25, -0.2) is 14.1 Å². The summed E-state index contributed by atoms with van der Waals surface area (Å²) >= 11 is 3.03. The molecule has 0 aromatic heterocycles. The minimum Gasteiger partial charge on any atom is -0.277 e. The van der Waals surface area contributed by atoms with Crippen LogP contribution in [0.1, 0.15) is 19.4 Å². The molecule has 7 heteroatoms. The van der Waals surface area contributed by atoms with Crippen molar-refractivity contribution in [1.82, 2.24) is 5.32 Å². The zero-order valence-electron chi connectivity index (χ0n) is 11.7. The molecule has 112 valence electrons. The minimum atomic E-state index is -0.939. The molecule has 5 nitrogen and oxygen atoms in total. The number of hydrogen-bond acceptors (Lipinski definition) is 3. The fourth-order valence-corrected chi connectivity index (χ4v) is 2.61. The second kappa shape index (κ2) is 5.55. The molecule has 1 N–H and O–H groups in total. The maximum Gasteiger partial charge on any atom is 0.335 e. The van der Waals surface area contributed by atoms with Gasteiger partial charge in [-0.2, -0.15) is 0 Å². The number of carbonyl (C=O) groups excluding carboxylic acids is 3. The Morgan fingerprint density at radius 2 is 1.90 bits per heavy atom. The average molecular weight is 357 g/mol. The molecule has 2 rings (SSSR count). The summed E-state index contributed by atoms with van der Waals surface area (Å²) in [7, 11) is 0. The van der Waals surface area contributed by atoms with Crippen LogP contribution in [0.2, 0.25) is 0 Å². The molecular formula is C14H14BrFN2O3. The second-order valence-electron chi connectivity index (χ2n) is 5.24. The highest BCUT2D eigenvalue weighted by molar-refractivity contribution is 9.10. The average Bonchev–Trinajstić information content (AvgIpc) is 2.34. The number of halogens is 2. The highest BCUT2D eigenvalue weighted by atomic mass is 79.9. The molecule has 1 fully saturated rings. The third-order valence-electron chi connectivity index (χ3n) is 3.35. The molecule has 1 heterocycles. The first-order valence-corrected chi connectivity index (χ1v) is 7.17. The van der Waals surface area contributed by atoms with Gasteiger partial charge in [0.15, 0.2) is 0 Å². The molecule has 1 atom stereocenters. The number of aryl methyl sites for hydroxylation is 1. The first-order valence-electron chi connectivity index (χ1n) is 6.38. The van der Waals surface area contributed by atoms with Gasteiger partial charge in [0, 0.05) is 0 Å². The largest absolute Gasteiger partial charge is 0.335 e. The molecule has 1 aromatic rings. The van der Waals surface area contributed by atoms with Crippen LogP contribution < -0.4 is 10.2 Å². The number of imide groups is 2. The van der Waals surface area contributed by atoms with E-state index < -0.39 is 29.6 Å². The first kappa shape index (κ1) is 15.6. The van der Waals surface area contributed by atoms with E-state index in [0.717, 1.165) is 4.90 Å². The number of rotatable bonds is 2. The Kier molecular flexibility index (Phi) is 4.13. The van der Waals surface area contributed by atoms with Gasteiger partial charge < -0.3 is 0 Å². The van der Waals surface area contributed by atoms with E-state index in [1.54, 1.807) is 20.8 Å². The van der Waals surface area contributed by atoms with Crippen molar-refractivity contribution < 1.29 is 18.8 Å². The van der Waals surface area contributed by atoms with E-state index in [2.05, 4.69) is 21.2 Å². The zero-order valence-corrected chi connectivity index (χ0v) is 13.3. The monoisotopic (exact) mass is 356 g/mol. The van der Waals surface area contributed by atoms with Crippen LogP contribution in [-0.2, 0) is 9.59 Å². The summed E-state index contributed by atoms with van der Waals surface area (Å²) in [6, 6.07) is 1.76. The van der Waals surface area contributed by atoms with Crippen molar-refractivity contribution in [2.75, 3.05) is 4.90 Å². The van der Waals surface area contributed by atoms with Gasteiger partial charge in [-0.15, -0.1) is 0 Å². The quantitative estimate of drug-likeness (QED) is 0.828. The zero-order chi connectivity index (χ0) is 15.9. The van der Waals surface area contributed by atoms with Crippen LogP contribution in [0, 0.1) is 24.6 Å². The molecule has 0 aliphatic carbocycles. The summed E-state index contributed by atoms with van der Waals surface area (Å²) in [6.45, 7) is 5.04. The Morgan fingerprint density at radius 3 is 2.48 bits per heavy atom. The van der Waals surface area contributed by atoms with Crippen LogP contribution in [0.15, 0.2) is 16.6 Å². The Labute approximate surface area is 129 Å². The van der Waals surface area contributed by atoms with Crippen molar-refractivity contribution in [2.45, 2.75) is 20.8 Å². The van der Waals surface area contributed by atoms with Crippen molar-refractivity contribution >= 4 is 39.5 Å². The lowest BCUT2D eigenvalue weighted by atomic mass is 9.91. The van der Waals surface area contributed by atoms with Crippen LogP contribution in [0.3, 0.4) is 0 Å². The lowest BCUT2D eigenvalue weighted by molar-refractivity contribution is -0.136. The molecule has 0 spiro atoms. The van der Waals surface area contributed by atoms with E-state index in [1.165, 1.54) is 12.1 Å². The molecule has 1 aromatic carbocycles. The van der Waals surface area contributed by atoms with Crippen molar-refractivity contribution in [3.63, 3.8) is 0 Å². The van der Waals surface area contributed by atoms with Gasteiger partial charge >= 0.3 is 6.03 Å². The Hall–Kier alpha value is -1.76. The van der Waals surface area contributed by atoms with E-state index in [-0.39, 0.29) is 16.1 Å². The van der Waals surface area contributed by atoms with E-state index in [0.29, 0.717) is 5.56 Å². The van der Waals surface area contributed by atoms with Gasteiger partial charge in [0.2, 0.25) is 11.8 Å². The predicted molar refractivity (Wildman–Crippen MR) is 78.2 cm³/mol. The summed E-state index contributed by atoms with van der Waals surface area (Å²) in [5, 5.41) is 2.17. The van der Waals surface area contributed by atoms with E-state index in [4.69, 9.17) is 0 Å².